The molecule has 1 amide bonds. The molecule has 5 N–H and O–H groups in total. The third-order valence-corrected chi connectivity index (χ3v) is 17.6. The van der Waals surface area contributed by atoms with Gasteiger partial charge in [0.15, 0.2) is 0 Å². The Labute approximate surface area is 444 Å². The normalized spacial score (nSPS) is 12.6. The number of hydrogen-bond donors (Lipinski definition) is 2. The summed E-state index contributed by atoms with van der Waals surface area (Å²) in [5, 5.41) is 3.09. The predicted molar refractivity (Wildman–Crippen MR) is 313 cm³/mol. The van der Waals surface area contributed by atoms with Gasteiger partial charge in [0.05, 0.1) is 4.75 Å². The third-order valence-electron chi connectivity index (χ3n) is 16.0. The molecule has 0 radical (unpaired) electrons. The van der Waals surface area contributed by atoms with Crippen molar-refractivity contribution in [3.05, 3.63) is 34.9 Å². The van der Waals surface area contributed by atoms with Crippen LogP contribution >= 0.6 is 0 Å². The van der Waals surface area contributed by atoms with Crippen LogP contribution in [0.15, 0.2) is 18.2 Å². The number of rotatable bonds is 55. The summed E-state index contributed by atoms with van der Waals surface area (Å²) >= 11 is 0. The topological polar surface area (TPSA) is 123 Å². The lowest BCUT2D eigenvalue weighted by Crippen LogP contribution is -2.33. The van der Waals surface area contributed by atoms with Gasteiger partial charge in [0.25, 0.3) is 0 Å². The maximum atomic E-state index is 12.8. The first kappa shape index (κ1) is 69.6. The zero-order valence-electron chi connectivity index (χ0n) is 48.5. The molecular formula is C64H124N2O4S. The molecule has 0 aliphatic heterocycles. The Balaban J connectivity index is 0.0000490. The minimum atomic E-state index is -4.56. The Hall–Kier alpha value is -1.44. The molecule has 0 bridgehead atoms. The number of quaternary nitrogens is 1. The zero-order chi connectivity index (χ0) is 50.9. The van der Waals surface area contributed by atoms with E-state index >= 15 is 0 Å². The van der Waals surface area contributed by atoms with Crippen LogP contribution in [0.4, 0.5) is 0 Å². The Morgan fingerprint density at radius 2 is 0.732 bits per heavy atom. The second-order valence-electron chi connectivity index (χ2n) is 22.6. The molecule has 0 aromatic heterocycles. The summed E-state index contributed by atoms with van der Waals surface area (Å²) in [4.78, 5) is 12.5. The van der Waals surface area contributed by atoms with Crippen LogP contribution < -0.4 is 11.5 Å². The van der Waals surface area contributed by atoms with Gasteiger partial charge in [0.2, 0.25) is 5.91 Å². The van der Waals surface area contributed by atoms with Crippen LogP contribution in [0.25, 0.3) is 0 Å². The van der Waals surface area contributed by atoms with E-state index in [1.165, 1.54) is 270 Å². The van der Waals surface area contributed by atoms with Crippen LogP contribution in [-0.4, -0.2) is 25.4 Å². The van der Waals surface area contributed by atoms with E-state index in [4.69, 9.17) is 0 Å². The fourth-order valence-electron chi connectivity index (χ4n) is 11.0. The Morgan fingerprint density at radius 1 is 0.451 bits per heavy atom. The second-order valence-corrected chi connectivity index (χ2v) is 24.4. The molecule has 1 rings (SSSR count). The molecule has 0 fully saturated rings. The molecule has 0 aliphatic rings. The van der Waals surface area contributed by atoms with Gasteiger partial charge in [0.1, 0.15) is 10.1 Å². The first-order valence-electron chi connectivity index (χ1n) is 31.5. The van der Waals surface area contributed by atoms with Crippen molar-refractivity contribution in [3.8, 4) is 0 Å². The van der Waals surface area contributed by atoms with Crippen LogP contribution in [0, 0.1) is 6.92 Å². The fraction of sp³-hybridized carbons (Fsp3) is 0.891. The van der Waals surface area contributed by atoms with Gasteiger partial charge < -0.3 is 16.0 Å². The molecule has 7 heteroatoms. The van der Waals surface area contributed by atoms with Gasteiger partial charge in [-0.05, 0) is 56.2 Å². The van der Waals surface area contributed by atoms with Crippen molar-refractivity contribution < 1.29 is 17.8 Å². The van der Waals surface area contributed by atoms with Crippen LogP contribution in [0.5, 0.6) is 0 Å². The Kier molecular flexibility index (Phi) is 49.7. The molecule has 420 valence electrons. The summed E-state index contributed by atoms with van der Waals surface area (Å²) in [6.07, 6.45) is 66.0. The van der Waals surface area contributed by atoms with Gasteiger partial charge in [-0.2, -0.15) is 0 Å². The molecule has 1 aromatic rings. The average molecular weight is 1020 g/mol. The molecule has 0 heterocycles. The summed E-state index contributed by atoms with van der Waals surface area (Å²) in [5.74, 6) is 0.127. The highest BCUT2D eigenvalue weighted by Gasteiger charge is 2.35. The SMILES string of the molecule is CCCCCCCCCCCCCCCCCCCCCCCCCCCCCCCCCCC(C)(c1cccc(CCCNC(=O)CCCCCCCCCCCCCCCCC)c1C)S(=O)(=O)[O-].[NH4+]. The molecule has 1 aromatic carbocycles. The third kappa shape index (κ3) is 40.5. The van der Waals surface area contributed by atoms with Crippen molar-refractivity contribution in [2.75, 3.05) is 6.54 Å². The minimum Gasteiger partial charge on any atom is -0.747 e. The number of unbranched alkanes of at least 4 members (excludes halogenated alkanes) is 45. The molecule has 1 atom stereocenters. The number of benzene rings is 1. The van der Waals surface area contributed by atoms with Crippen LogP contribution in [0.3, 0.4) is 0 Å². The molecular weight excluding hydrogens is 893 g/mol. The molecule has 6 nitrogen and oxygen atoms in total. The summed E-state index contributed by atoms with van der Waals surface area (Å²) in [6.45, 7) is 8.79. The van der Waals surface area contributed by atoms with E-state index in [1.807, 2.05) is 25.1 Å². The van der Waals surface area contributed by atoms with Crippen molar-refractivity contribution in [2.24, 2.45) is 0 Å². The van der Waals surface area contributed by atoms with Crippen LogP contribution in [0.1, 0.15) is 359 Å². The van der Waals surface area contributed by atoms with Crippen LogP contribution in [-0.2, 0) is 26.1 Å². The lowest BCUT2D eigenvalue weighted by Gasteiger charge is -2.35. The molecule has 0 aliphatic carbocycles. The van der Waals surface area contributed by atoms with Crippen molar-refractivity contribution in [2.45, 2.75) is 360 Å². The Bertz CT molecular complexity index is 1400. The molecule has 1 unspecified atom stereocenters. The second kappa shape index (κ2) is 50.7. The van der Waals surface area contributed by atoms with Gasteiger partial charge >= 0.3 is 0 Å². The highest BCUT2D eigenvalue weighted by molar-refractivity contribution is 7.86. The largest absolute Gasteiger partial charge is 0.747 e. The van der Waals surface area contributed by atoms with Gasteiger partial charge in [-0.1, -0.05) is 327 Å². The minimum absolute atomic E-state index is 0. The molecule has 0 spiro atoms. The lowest BCUT2D eigenvalue weighted by molar-refractivity contribution is -0.121. The van der Waals surface area contributed by atoms with Crippen molar-refractivity contribution >= 4 is 16.0 Å². The smallest absolute Gasteiger partial charge is 0.219 e. The zero-order valence-corrected chi connectivity index (χ0v) is 49.4. The molecule has 0 saturated heterocycles. The number of aryl methyl sites for hydroxylation is 1. The summed E-state index contributed by atoms with van der Waals surface area (Å²) in [5.41, 5.74) is 2.62. The number of amides is 1. The van der Waals surface area contributed by atoms with Gasteiger partial charge in [-0.25, -0.2) is 8.42 Å². The van der Waals surface area contributed by atoms with Gasteiger partial charge in [-0.15, -0.1) is 0 Å². The maximum absolute atomic E-state index is 12.8. The highest BCUT2D eigenvalue weighted by atomic mass is 32.2. The summed E-state index contributed by atoms with van der Waals surface area (Å²) in [6, 6.07) is 5.79. The quantitative estimate of drug-likeness (QED) is 0.0498. The van der Waals surface area contributed by atoms with E-state index in [-0.39, 0.29) is 12.1 Å². The number of hydrogen-bond acceptors (Lipinski definition) is 4. The van der Waals surface area contributed by atoms with E-state index < -0.39 is 14.9 Å². The highest BCUT2D eigenvalue weighted by Crippen LogP contribution is 2.38. The fourth-order valence-corrected chi connectivity index (χ4v) is 11.9. The maximum Gasteiger partial charge on any atom is 0.219 e. The first-order valence-corrected chi connectivity index (χ1v) is 32.9. The number of carbonyl (C=O) groups excluding carboxylic acids is 1. The molecule has 71 heavy (non-hydrogen) atoms. The van der Waals surface area contributed by atoms with Crippen LogP contribution in [0.2, 0.25) is 0 Å². The lowest BCUT2D eigenvalue weighted by atomic mass is 9.87. The standard InChI is InChI=1S/C64H121NO4S.H3N/c1-5-7-9-11-13-15-17-19-21-22-23-24-25-26-27-28-29-30-31-32-33-34-35-36-37-39-41-43-45-47-49-51-58-64(4,70(67,68)69)62-56-52-54-61(60(62)3)55-53-59-65-63(66)57-50-48-46-44-42-40-38-20-18-16-14-12-10-8-6-2;/h52,54,56H,5-51,53,55,57-59H2,1-4H3,(H,65,66)(H,67,68,69);1H3. The predicted octanol–water partition coefficient (Wildman–Crippen LogP) is 21.3. The van der Waals surface area contributed by atoms with Crippen molar-refractivity contribution in [1.29, 1.82) is 0 Å². The van der Waals surface area contributed by atoms with E-state index in [0.29, 0.717) is 24.9 Å². The monoisotopic (exact) mass is 1020 g/mol. The van der Waals surface area contributed by atoms with E-state index in [2.05, 4.69) is 19.2 Å². The van der Waals surface area contributed by atoms with Crippen molar-refractivity contribution in [1.82, 2.24) is 11.5 Å². The van der Waals surface area contributed by atoms with E-state index in [1.54, 1.807) is 6.92 Å². The molecule has 0 saturated carbocycles. The van der Waals surface area contributed by atoms with E-state index in [0.717, 1.165) is 56.1 Å². The van der Waals surface area contributed by atoms with Crippen molar-refractivity contribution in [3.63, 3.8) is 0 Å². The summed E-state index contributed by atoms with van der Waals surface area (Å²) in [7, 11) is -4.56. The van der Waals surface area contributed by atoms with Gasteiger partial charge in [-0.3, -0.25) is 4.79 Å². The average Bonchev–Trinajstić information content (AvgIpc) is 3.34. The summed E-state index contributed by atoms with van der Waals surface area (Å²) < 4.78 is 37.0. The number of carbonyl (C=O) groups is 1. The first-order chi connectivity index (χ1) is 34.2. The Morgan fingerprint density at radius 3 is 1.03 bits per heavy atom. The van der Waals surface area contributed by atoms with Gasteiger partial charge in [0, 0.05) is 13.0 Å². The number of nitrogens with one attached hydrogen (secondary N) is 1. The van der Waals surface area contributed by atoms with E-state index in [9.17, 15) is 17.8 Å².